The number of para-hydroxylation sites is 1. The van der Waals surface area contributed by atoms with E-state index in [4.69, 9.17) is 14.7 Å². The van der Waals surface area contributed by atoms with Gasteiger partial charge in [0.25, 0.3) is 0 Å². The van der Waals surface area contributed by atoms with Crippen molar-refractivity contribution in [3.05, 3.63) is 41.3 Å². The standard InChI is InChI=1S/C27H32FN7O4/c1-33-13-4-5-19(33)17-38-26-31-22-16-35(23-7-3-2-6-21(23)28)24(36)9-8-20(22)25(32-26)39-27(37)34-14-12-30-18(15-34)10-11-29/h2-3,6-7,18-19,30H,4-5,8-10,12-17H2,1H3. The van der Waals surface area contributed by atoms with Crippen LogP contribution in [0.25, 0.3) is 0 Å². The number of rotatable bonds is 6. The smallest absolute Gasteiger partial charge is 0.416 e. The number of nitrogens with zero attached hydrogens (tertiary/aromatic N) is 6. The van der Waals surface area contributed by atoms with Gasteiger partial charge < -0.3 is 29.5 Å². The lowest BCUT2D eigenvalue weighted by molar-refractivity contribution is -0.118. The van der Waals surface area contributed by atoms with Crippen LogP contribution in [0.5, 0.6) is 11.9 Å². The van der Waals surface area contributed by atoms with Crippen molar-refractivity contribution in [3.8, 4) is 18.0 Å². The number of hydrogen-bond donors (Lipinski definition) is 1. The summed E-state index contributed by atoms with van der Waals surface area (Å²) in [6.45, 7) is 2.63. The Morgan fingerprint density at radius 3 is 2.87 bits per heavy atom. The predicted octanol–water partition coefficient (Wildman–Crippen LogP) is 2.25. The van der Waals surface area contributed by atoms with Gasteiger partial charge in [-0.2, -0.15) is 15.2 Å². The molecule has 2 atom stereocenters. The molecule has 4 heterocycles. The molecule has 0 saturated carbocycles. The normalized spacial score (nSPS) is 21.7. The van der Waals surface area contributed by atoms with Gasteiger partial charge in [-0.15, -0.1) is 0 Å². The van der Waals surface area contributed by atoms with Crippen molar-refractivity contribution in [2.75, 3.05) is 44.7 Å². The van der Waals surface area contributed by atoms with Crippen LogP contribution in [0.4, 0.5) is 14.9 Å². The highest BCUT2D eigenvalue weighted by Gasteiger charge is 2.31. The average molecular weight is 538 g/mol. The summed E-state index contributed by atoms with van der Waals surface area (Å²) in [5, 5.41) is 12.3. The van der Waals surface area contributed by atoms with Crippen molar-refractivity contribution in [2.24, 2.45) is 0 Å². The number of likely N-dealkylation sites (tertiary alicyclic amines) is 1. The molecule has 5 rings (SSSR count). The van der Waals surface area contributed by atoms with Gasteiger partial charge >= 0.3 is 12.1 Å². The molecule has 2 amide bonds. The van der Waals surface area contributed by atoms with E-state index in [9.17, 15) is 14.0 Å². The van der Waals surface area contributed by atoms with E-state index >= 15 is 0 Å². The van der Waals surface area contributed by atoms with E-state index in [0.717, 1.165) is 19.4 Å². The fraction of sp³-hybridized carbons (Fsp3) is 0.519. The monoisotopic (exact) mass is 537 g/mol. The van der Waals surface area contributed by atoms with Crippen molar-refractivity contribution in [1.29, 1.82) is 5.26 Å². The number of halogens is 1. The summed E-state index contributed by atoms with van der Waals surface area (Å²) in [7, 11) is 2.04. The lowest BCUT2D eigenvalue weighted by Gasteiger charge is -2.31. The highest BCUT2D eigenvalue weighted by Crippen LogP contribution is 2.31. The van der Waals surface area contributed by atoms with Crippen LogP contribution >= 0.6 is 0 Å². The van der Waals surface area contributed by atoms with E-state index in [1.165, 1.54) is 15.9 Å². The van der Waals surface area contributed by atoms with Crippen LogP contribution in [0.1, 0.15) is 36.9 Å². The van der Waals surface area contributed by atoms with E-state index in [1.807, 2.05) is 7.05 Å². The summed E-state index contributed by atoms with van der Waals surface area (Å²) in [6, 6.07) is 8.33. The number of benzene rings is 1. The first-order valence-corrected chi connectivity index (χ1v) is 13.3. The van der Waals surface area contributed by atoms with Crippen molar-refractivity contribution >= 4 is 17.7 Å². The van der Waals surface area contributed by atoms with E-state index in [2.05, 4.69) is 26.3 Å². The molecule has 1 N–H and O–H groups in total. The van der Waals surface area contributed by atoms with Crippen LogP contribution in [0, 0.1) is 17.1 Å². The van der Waals surface area contributed by atoms with Gasteiger partial charge in [0.1, 0.15) is 12.4 Å². The molecule has 3 aliphatic rings. The molecule has 1 aromatic carbocycles. The topological polar surface area (TPSA) is 124 Å². The minimum Gasteiger partial charge on any atom is -0.462 e. The Morgan fingerprint density at radius 1 is 1.26 bits per heavy atom. The predicted molar refractivity (Wildman–Crippen MR) is 139 cm³/mol. The second kappa shape index (κ2) is 11.9. The summed E-state index contributed by atoms with van der Waals surface area (Å²) in [5.41, 5.74) is 1.12. The second-order valence-electron chi connectivity index (χ2n) is 10.1. The summed E-state index contributed by atoms with van der Waals surface area (Å²) >= 11 is 0. The lowest BCUT2D eigenvalue weighted by atomic mass is 10.1. The molecule has 12 heteroatoms. The number of aromatic nitrogens is 2. The van der Waals surface area contributed by atoms with Gasteiger partial charge in [-0.25, -0.2) is 9.18 Å². The Labute approximate surface area is 226 Å². The number of piperazine rings is 1. The molecule has 0 aliphatic carbocycles. The van der Waals surface area contributed by atoms with E-state index in [1.54, 1.807) is 18.2 Å². The molecule has 0 bridgehead atoms. The molecule has 206 valence electrons. The Hall–Kier alpha value is -3.82. The maximum absolute atomic E-state index is 14.7. The summed E-state index contributed by atoms with van der Waals surface area (Å²) in [6.07, 6.45) is 2.05. The zero-order chi connectivity index (χ0) is 27.4. The van der Waals surface area contributed by atoms with Crippen LogP contribution in [0.15, 0.2) is 24.3 Å². The number of likely N-dealkylation sites (N-methyl/N-ethyl adjacent to an activating group) is 1. The van der Waals surface area contributed by atoms with Crippen molar-refractivity contribution < 1.29 is 23.5 Å². The molecule has 0 spiro atoms. The maximum Gasteiger partial charge on any atom is 0.416 e. The lowest BCUT2D eigenvalue weighted by Crippen LogP contribution is -2.53. The third kappa shape index (κ3) is 6.10. The van der Waals surface area contributed by atoms with Crippen molar-refractivity contribution in [1.82, 2.24) is 25.1 Å². The molecule has 3 aliphatic heterocycles. The summed E-state index contributed by atoms with van der Waals surface area (Å²) in [5.74, 6) is -0.744. The fourth-order valence-electron chi connectivity index (χ4n) is 5.26. The van der Waals surface area contributed by atoms with Crippen molar-refractivity contribution in [2.45, 2.75) is 50.7 Å². The fourth-order valence-corrected chi connectivity index (χ4v) is 5.26. The number of anilines is 1. The van der Waals surface area contributed by atoms with Crippen LogP contribution in [0.2, 0.25) is 0 Å². The zero-order valence-electron chi connectivity index (χ0n) is 21.9. The number of amides is 2. The van der Waals surface area contributed by atoms with Crippen LogP contribution in [-0.2, 0) is 17.8 Å². The quantitative estimate of drug-likeness (QED) is 0.591. The number of carbonyl (C=O) groups excluding carboxylic acids is 2. The van der Waals surface area contributed by atoms with Gasteiger partial charge in [0.05, 0.1) is 30.4 Å². The molecule has 1 aromatic heterocycles. The van der Waals surface area contributed by atoms with Gasteiger partial charge in [0.15, 0.2) is 0 Å². The van der Waals surface area contributed by atoms with Gasteiger partial charge in [-0.1, -0.05) is 12.1 Å². The summed E-state index contributed by atoms with van der Waals surface area (Å²) in [4.78, 5) is 40.4. The van der Waals surface area contributed by atoms with E-state index in [0.29, 0.717) is 37.5 Å². The van der Waals surface area contributed by atoms with Gasteiger partial charge in [0, 0.05) is 43.7 Å². The minimum absolute atomic E-state index is 0.0141. The van der Waals surface area contributed by atoms with Crippen molar-refractivity contribution in [3.63, 3.8) is 0 Å². The SMILES string of the molecule is CN1CCCC1COc1nc2c(c(OC(=O)N3CCNC(CC#N)C3)n1)CCC(=O)N(c1ccccc1F)C2. The molecular formula is C27H32FN7O4. The molecule has 2 fully saturated rings. The average Bonchev–Trinajstić information content (AvgIpc) is 3.27. The Bertz CT molecular complexity index is 1270. The number of carbonyl (C=O) groups is 2. The van der Waals surface area contributed by atoms with Crippen LogP contribution < -0.4 is 19.7 Å². The van der Waals surface area contributed by atoms with Gasteiger partial charge in [0.2, 0.25) is 11.8 Å². The first-order chi connectivity index (χ1) is 18.9. The molecule has 2 aromatic rings. The van der Waals surface area contributed by atoms with E-state index in [-0.39, 0.29) is 61.4 Å². The van der Waals surface area contributed by atoms with Crippen LogP contribution in [0.3, 0.4) is 0 Å². The van der Waals surface area contributed by atoms with Crippen LogP contribution in [-0.4, -0.2) is 83.7 Å². The molecule has 11 nitrogen and oxygen atoms in total. The number of ether oxygens (including phenoxy) is 2. The number of nitriles is 1. The largest absolute Gasteiger partial charge is 0.462 e. The first kappa shape index (κ1) is 26.8. The Kier molecular flexibility index (Phi) is 8.18. The minimum atomic E-state index is -0.594. The Morgan fingerprint density at radius 2 is 2.10 bits per heavy atom. The molecule has 39 heavy (non-hydrogen) atoms. The second-order valence-corrected chi connectivity index (χ2v) is 10.1. The molecular weight excluding hydrogens is 505 g/mol. The third-order valence-electron chi connectivity index (χ3n) is 7.49. The maximum atomic E-state index is 14.7. The molecule has 0 radical (unpaired) electrons. The number of hydrogen-bond acceptors (Lipinski definition) is 9. The number of nitrogens with one attached hydrogen (secondary N) is 1. The van der Waals surface area contributed by atoms with Gasteiger partial charge in [-0.05, 0) is 45.0 Å². The highest BCUT2D eigenvalue weighted by atomic mass is 19.1. The summed E-state index contributed by atoms with van der Waals surface area (Å²) < 4.78 is 26.4. The third-order valence-corrected chi connectivity index (χ3v) is 7.49. The zero-order valence-corrected chi connectivity index (χ0v) is 21.9. The molecule has 2 unspecified atom stereocenters. The first-order valence-electron chi connectivity index (χ1n) is 13.3. The number of fused-ring (bicyclic) bond motifs is 1. The van der Waals surface area contributed by atoms with Gasteiger partial charge in [-0.3, -0.25) is 4.79 Å². The van der Waals surface area contributed by atoms with E-state index < -0.39 is 11.9 Å². The Balaban J connectivity index is 1.44. The molecule has 2 saturated heterocycles. The highest BCUT2D eigenvalue weighted by molar-refractivity contribution is 5.94.